The van der Waals surface area contributed by atoms with Crippen LogP contribution < -0.4 is 0 Å². The van der Waals surface area contributed by atoms with Gasteiger partial charge in [-0.3, -0.25) is 4.79 Å². The van der Waals surface area contributed by atoms with Crippen molar-refractivity contribution >= 4 is 28.0 Å². The van der Waals surface area contributed by atoms with Crippen LogP contribution in [0.25, 0.3) is 10.8 Å². The van der Waals surface area contributed by atoms with E-state index in [-0.39, 0.29) is 12.0 Å². The second-order valence-corrected chi connectivity index (χ2v) is 7.84. The third-order valence-corrected chi connectivity index (χ3v) is 5.81. The molecule has 0 saturated carbocycles. The van der Waals surface area contributed by atoms with Crippen LogP contribution in [0.4, 0.5) is 0 Å². The molecule has 134 valence electrons. The first-order chi connectivity index (χ1) is 12.8. The molecule has 1 aromatic heterocycles. The second-order valence-electron chi connectivity index (χ2n) is 6.80. The van der Waals surface area contributed by atoms with Crippen molar-refractivity contribution in [2.24, 2.45) is 0 Å². The molecule has 0 spiro atoms. The number of hydrogen-bond acceptors (Lipinski definition) is 3. The van der Waals surface area contributed by atoms with Gasteiger partial charge in [-0.25, -0.2) is 0 Å². The van der Waals surface area contributed by atoms with E-state index in [1.54, 1.807) is 11.3 Å². The summed E-state index contributed by atoms with van der Waals surface area (Å²) >= 11 is 1.70. The Morgan fingerprint density at radius 1 is 1.12 bits per heavy atom. The van der Waals surface area contributed by atoms with Crippen molar-refractivity contribution in [2.75, 3.05) is 13.2 Å². The normalized spacial score (nSPS) is 16.8. The molecule has 0 radical (unpaired) electrons. The molecule has 2 heterocycles. The van der Waals surface area contributed by atoms with Crippen molar-refractivity contribution in [3.05, 3.63) is 70.4 Å². The Morgan fingerprint density at radius 2 is 2.00 bits per heavy atom. The van der Waals surface area contributed by atoms with Crippen LogP contribution >= 0.6 is 11.3 Å². The summed E-state index contributed by atoms with van der Waals surface area (Å²) in [5.41, 5.74) is 1.09. The number of nitrogens with zero attached hydrogens (tertiary/aromatic N) is 1. The van der Waals surface area contributed by atoms with Crippen LogP contribution in [0, 0.1) is 0 Å². The number of benzene rings is 2. The Morgan fingerprint density at radius 3 is 2.81 bits per heavy atom. The van der Waals surface area contributed by atoms with Crippen LogP contribution in [-0.2, 0) is 22.5 Å². The standard InChI is InChI=1S/C22H23NO2S/c24-22(14-18-8-3-7-17-6-1-2-11-21(17)18)23(15-19-9-4-12-25-19)16-20-10-5-13-26-20/h1-3,5-8,10-11,13,19H,4,9,12,14-16H2. The molecule has 1 fully saturated rings. The predicted octanol–water partition coefficient (Wildman–Crippen LogP) is 4.65. The van der Waals surface area contributed by atoms with E-state index < -0.39 is 0 Å². The van der Waals surface area contributed by atoms with Gasteiger partial charge in [-0.1, -0.05) is 48.5 Å². The van der Waals surface area contributed by atoms with Crippen LogP contribution in [0.3, 0.4) is 0 Å². The minimum atomic E-state index is 0.172. The largest absolute Gasteiger partial charge is 0.376 e. The molecule has 3 nitrogen and oxygen atoms in total. The topological polar surface area (TPSA) is 29.5 Å². The van der Waals surface area contributed by atoms with Gasteiger partial charge in [0.05, 0.1) is 19.1 Å². The Kier molecular flexibility index (Phi) is 5.32. The van der Waals surface area contributed by atoms with Crippen molar-refractivity contribution in [1.29, 1.82) is 0 Å². The first-order valence-electron chi connectivity index (χ1n) is 9.18. The average Bonchev–Trinajstić information content (AvgIpc) is 3.35. The molecule has 4 heteroatoms. The zero-order chi connectivity index (χ0) is 17.8. The Hall–Kier alpha value is -2.17. The summed E-state index contributed by atoms with van der Waals surface area (Å²) in [4.78, 5) is 16.3. The molecule has 0 bridgehead atoms. The number of hydrogen-bond donors (Lipinski definition) is 0. The van der Waals surface area contributed by atoms with Gasteiger partial charge in [0.2, 0.25) is 5.91 Å². The van der Waals surface area contributed by atoms with Crippen molar-refractivity contribution in [2.45, 2.75) is 31.9 Å². The molecule has 0 N–H and O–H groups in total. The summed E-state index contributed by atoms with van der Waals surface area (Å²) in [5, 5.41) is 4.41. The monoisotopic (exact) mass is 365 g/mol. The van der Waals surface area contributed by atoms with E-state index in [0.29, 0.717) is 19.5 Å². The summed E-state index contributed by atoms with van der Waals surface area (Å²) in [6.07, 6.45) is 2.74. The summed E-state index contributed by atoms with van der Waals surface area (Å²) in [7, 11) is 0. The van der Waals surface area contributed by atoms with Gasteiger partial charge in [-0.2, -0.15) is 0 Å². The fourth-order valence-corrected chi connectivity index (χ4v) is 4.32. The molecular weight excluding hydrogens is 342 g/mol. The summed E-state index contributed by atoms with van der Waals surface area (Å²) < 4.78 is 5.78. The maximum atomic E-state index is 13.1. The van der Waals surface area contributed by atoms with Gasteiger partial charge >= 0.3 is 0 Å². The lowest BCUT2D eigenvalue weighted by atomic mass is 10.0. The van der Waals surface area contributed by atoms with E-state index in [2.05, 4.69) is 35.7 Å². The molecule has 1 amide bonds. The van der Waals surface area contributed by atoms with Gasteiger partial charge in [-0.05, 0) is 40.6 Å². The number of rotatable bonds is 6. The minimum Gasteiger partial charge on any atom is -0.376 e. The summed E-state index contributed by atoms with van der Waals surface area (Å²) in [6.45, 7) is 2.16. The quantitative estimate of drug-likeness (QED) is 0.636. The molecule has 4 rings (SSSR count). The summed E-state index contributed by atoms with van der Waals surface area (Å²) in [5.74, 6) is 0.172. The van der Waals surface area contributed by atoms with Gasteiger partial charge in [0.1, 0.15) is 0 Å². The van der Waals surface area contributed by atoms with Crippen molar-refractivity contribution in [1.82, 2.24) is 4.90 Å². The van der Waals surface area contributed by atoms with E-state index in [4.69, 9.17) is 4.74 Å². The Balaban J connectivity index is 1.54. The molecule has 1 unspecified atom stereocenters. The van der Waals surface area contributed by atoms with E-state index in [9.17, 15) is 4.79 Å². The van der Waals surface area contributed by atoms with Gasteiger partial charge in [0.15, 0.2) is 0 Å². The Labute approximate surface area is 158 Å². The number of carbonyl (C=O) groups excluding carboxylic acids is 1. The molecule has 1 aliphatic rings. The van der Waals surface area contributed by atoms with Crippen LogP contribution in [0.15, 0.2) is 60.0 Å². The highest BCUT2D eigenvalue weighted by molar-refractivity contribution is 7.09. The highest BCUT2D eigenvalue weighted by atomic mass is 32.1. The first kappa shape index (κ1) is 17.3. The highest BCUT2D eigenvalue weighted by Crippen LogP contribution is 2.22. The number of carbonyl (C=O) groups is 1. The number of ether oxygens (including phenoxy) is 1. The fourth-order valence-electron chi connectivity index (χ4n) is 3.60. The van der Waals surface area contributed by atoms with E-state index in [1.807, 2.05) is 29.2 Å². The van der Waals surface area contributed by atoms with Gasteiger partial charge in [-0.15, -0.1) is 11.3 Å². The van der Waals surface area contributed by atoms with Crippen LogP contribution in [-0.4, -0.2) is 30.1 Å². The first-order valence-corrected chi connectivity index (χ1v) is 10.1. The SMILES string of the molecule is O=C(Cc1cccc2ccccc12)N(Cc1cccs1)CC1CCCO1. The molecule has 0 aliphatic carbocycles. The minimum absolute atomic E-state index is 0.172. The maximum absolute atomic E-state index is 13.1. The van der Waals surface area contributed by atoms with E-state index in [1.165, 1.54) is 10.3 Å². The van der Waals surface area contributed by atoms with Crippen LogP contribution in [0.2, 0.25) is 0 Å². The predicted molar refractivity (Wildman–Crippen MR) is 106 cm³/mol. The zero-order valence-corrected chi connectivity index (χ0v) is 15.6. The molecule has 26 heavy (non-hydrogen) atoms. The molecule has 1 aliphatic heterocycles. The molecule has 1 saturated heterocycles. The average molecular weight is 365 g/mol. The third-order valence-electron chi connectivity index (χ3n) is 4.95. The zero-order valence-electron chi connectivity index (χ0n) is 14.8. The lowest BCUT2D eigenvalue weighted by molar-refractivity contribution is -0.132. The van der Waals surface area contributed by atoms with Crippen LogP contribution in [0.5, 0.6) is 0 Å². The van der Waals surface area contributed by atoms with Crippen molar-refractivity contribution < 1.29 is 9.53 Å². The number of fused-ring (bicyclic) bond motifs is 1. The fraction of sp³-hybridized carbons (Fsp3) is 0.318. The third kappa shape index (κ3) is 3.97. The summed E-state index contributed by atoms with van der Waals surface area (Å²) in [6, 6.07) is 18.6. The van der Waals surface area contributed by atoms with E-state index >= 15 is 0 Å². The lowest BCUT2D eigenvalue weighted by Crippen LogP contribution is -2.37. The molecule has 2 aromatic carbocycles. The maximum Gasteiger partial charge on any atom is 0.227 e. The second kappa shape index (κ2) is 8.02. The smallest absolute Gasteiger partial charge is 0.227 e. The Bertz CT molecular complexity index is 863. The number of amides is 1. The molecular formula is C22H23NO2S. The van der Waals surface area contributed by atoms with Gasteiger partial charge in [0.25, 0.3) is 0 Å². The highest BCUT2D eigenvalue weighted by Gasteiger charge is 2.23. The van der Waals surface area contributed by atoms with E-state index in [0.717, 1.165) is 30.4 Å². The molecule has 3 aromatic rings. The van der Waals surface area contributed by atoms with Crippen molar-refractivity contribution in [3.8, 4) is 0 Å². The van der Waals surface area contributed by atoms with Gasteiger partial charge in [0, 0.05) is 18.0 Å². The van der Waals surface area contributed by atoms with Crippen molar-refractivity contribution in [3.63, 3.8) is 0 Å². The van der Waals surface area contributed by atoms with Gasteiger partial charge < -0.3 is 9.64 Å². The number of thiophene rings is 1. The van der Waals surface area contributed by atoms with Crippen LogP contribution in [0.1, 0.15) is 23.3 Å². The molecule has 1 atom stereocenters. The lowest BCUT2D eigenvalue weighted by Gasteiger charge is -2.25.